The van der Waals surface area contributed by atoms with Crippen LogP contribution < -0.4 is 4.74 Å². The Morgan fingerprint density at radius 1 is 1.11 bits per heavy atom. The van der Waals surface area contributed by atoms with Gasteiger partial charge in [0.1, 0.15) is 22.5 Å². The van der Waals surface area contributed by atoms with Crippen LogP contribution in [0.5, 0.6) is 5.75 Å². The Morgan fingerprint density at radius 2 is 1.91 bits per heavy atom. The van der Waals surface area contributed by atoms with Gasteiger partial charge in [-0.15, -0.1) is 11.3 Å². The topological polar surface area (TPSA) is 63.7 Å². The summed E-state index contributed by atoms with van der Waals surface area (Å²) in [5.74, 6) is 0.643. The Bertz CT molecular complexity index is 1530. The lowest BCUT2D eigenvalue weighted by Crippen LogP contribution is -1.96. The molecule has 0 unspecified atom stereocenters. The molecular weight excluding hydrogens is 476 g/mol. The summed E-state index contributed by atoms with van der Waals surface area (Å²) in [4.78, 5) is 4.66. The molecule has 0 saturated heterocycles. The van der Waals surface area contributed by atoms with Crippen molar-refractivity contribution in [3.63, 3.8) is 0 Å². The van der Waals surface area contributed by atoms with Crippen molar-refractivity contribution in [2.24, 2.45) is 0 Å². The van der Waals surface area contributed by atoms with E-state index in [9.17, 15) is 5.26 Å². The molecule has 7 heteroatoms. The summed E-state index contributed by atoms with van der Waals surface area (Å²) in [5.41, 5.74) is 4.62. The first-order valence-electron chi connectivity index (χ1n) is 11.2. The molecule has 0 saturated carbocycles. The molecule has 0 radical (unpaired) electrons. The maximum Gasteiger partial charge on any atom is 0.137 e. The zero-order valence-corrected chi connectivity index (χ0v) is 20.6. The number of benzene rings is 3. The van der Waals surface area contributed by atoms with Crippen LogP contribution in [-0.2, 0) is 0 Å². The normalized spacial score (nSPS) is 11.5. The van der Waals surface area contributed by atoms with Crippen LogP contribution in [0.1, 0.15) is 23.9 Å². The second-order valence-corrected chi connectivity index (χ2v) is 9.30. The number of ether oxygens (including phenoxy) is 1. The van der Waals surface area contributed by atoms with Crippen LogP contribution in [0.15, 0.2) is 79.0 Å². The molecule has 3 aromatic carbocycles. The van der Waals surface area contributed by atoms with Crippen molar-refractivity contribution in [1.29, 1.82) is 5.26 Å². The van der Waals surface area contributed by atoms with Gasteiger partial charge >= 0.3 is 0 Å². The van der Waals surface area contributed by atoms with Crippen molar-refractivity contribution in [3.05, 3.63) is 94.6 Å². The van der Waals surface area contributed by atoms with Crippen LogP contribution in [0.3, 0.4) is 0 Å². The monoisotopic (exact) mass is 496 g/mol. The molecule has 0 bridgehead atoms. The van der Waals surface area contributed by atoms with E-state index in [0.29, 0.717) is 33.7 Å². The van der Waals surface area contributed by atoms with Crippen LogP contribution in [0.4, 0.5) is 0 Å². The molecule has 0 aliphatic heterocycles. The van der Waals surface area contributed by atoms with Gasteiger partial charge in [0.25, 0.3) is 0 Å². The molecule has 5 nitrogen and oxygen atoms in total. The Balaban J connectivity index is 1.62. The number of halogens is 1. The van der Waals surface area contributed by atoms with Crippen molar-refractivity contribution in [2.75, 3.05) is 6.61 Å². The summed E-state index contributed by atoms with van der Waals surface area (Å²) in [7, 11) is 0. The maximum atomic E-state index is 10.00. The van der Waals surface area contributed by atoms with Gasteiger partial charge in [-0.2, -0.15) is 10.4 Å². The highest BCUT2D eigenvalue weighted by atomic mass is 35.5. The second-order valence-electron chi connectivity index (χ2n) is 7.86. The molecule has 0 amide bonds. The first-order chi connectivity index (χ1) is 17.2. The number of thiazole rings is 1. The standard InChI is InChI=1S/C28H21ClN4OS/c1-2-14-34-25-13-12-19(16-23(25)29)27-21(18-33(32-27)22-8-4-3-5-9-22)15-20(17-30)28-31-24-10-6-7-11-26(24)35-28/h3-13,15-16,18H,2,14H2,1H3/b20-15-. The van der Waals surface area contributed by atoms with Crippen molar-refractivity contribution in [3.8, 4) is 28.8 Å². The van der Waals surface area contributed by atoms with Gasteiger partial charge in [0.15, 0.2) is 0 Å². The Kier molecular flexibility index (Phi) is 6.62. The first kappa shape index (κ1) is 22.9. The van der Waals surface area contributed by atoms with Crippen LogP contribution in [0.2, 0.25) is 5.02 Å². The van der Waals surface area contributed by atoms with Crippen molar-refractivity contribution < 1.29 is 4.74 Å². The third kappa shape index (κ3) is 4.83. The third-order valence-electron chi connectivity index (χ3n) is 5.37. The number of nitrogens with zero attached hydrogens (tertiary/aromatic N) is 4. The van der Waals surface area contributed by atoms with E-state index in [1.165, 1.54) is 11.3 Å². The maximum absolute atomic E-state index is 10.00. The van der Waals surface area contributed by atoms with E-state index in [4.69, 9.17) is 21.4 Å². The smallest absolute Gasteiger partial charge is 0.137 e. The number of nitriles is 1. The highest BCUT2D eigenvalue weighted by Gasteiger charge is 2.16. The molecule has 0 N–H and O–H groups in total. The van der Waals surface area contributed by atoms with E-state index in [1.54, 1.807) is 0 Å². The first-order valence-corrected chi connectivity index (χ1v) is 12.4. The highest BCUT2D eigenvalue weighted by Crippen LogP contribution is 2.34. The number of allylic oxidation sites excluding steroid dienone is 1. The molecule has 5 aromatic rings. The minimum absolute atomic E-state index is 0.481. The predicted molar refractivity (Wildman–Crippen MR) is 143 cm³/mol. The summed E-state index contributed by atoms with van der Waals surface area (Å²) in [6.07, 6.45) is 4.66. The van der Waals surface area contributed by atoms with E-state index in [0.717, 1.165) is 33.5 Å². The highest BCUT2D eigenvalue weighted by molar-refractivity contribution is 7.19. The van der Waals surface area contributed by atoms with Gasteiger partial charge in [-0.05, 0) is 55.0 Å². The van der Waals surface area contributed by atoms with Crippen molar-refractivity contribution in [2.45, 2.75) is 13.3 Å². The fourth-order valence-electron chi connectivity index (χ4n) is 3.69. The van der Waals surface area contributed by atoms with Gasteiger partial charge in [0, 0.05) is 17.3 Å². The zero-order valence-electron chi connectivity index (χ0n) is 19.0. The Hall–Kier alpha value is -3.92. The van der Waals surface area contributed by atoms with Crippen LogP contribution in [-0.4, -0.2) is 21.4 Å². The van der Waals surface area contributed by atoms with E-state index >= 15 is 0 Å². The lowest BCUT2D eigenvalue weighted by molar-refractivity contribution is 0.317. The lowest BCUT2D eigenvalue weighted by atomic mass is 10.1. The number of rotatable bonds is 7. The Labute approximate surface area is 212 Å². The molecule has 2 heterocycles. The lowest BCUT2D eigenvalue weighted by Gasteiger charge is -2.08. The number of hydrogen-bond donors (Lipinski definition) is 0. The van der Waals surface area contributed by atoms with E-state index < -0.39 is 0 Å². The molecule has 5 rings (SSSR count). The number of para-hydroxylation sites is 2. The second kappa shape index (κ2) is 10.1. The molecule has 35 heavy (non-hydrogen) atoms. The average Bonchev–Trinajstić information content (AvgIpc) is 3.51. The fourth-order valence-corrected chi connectivity index (χ4v) is 4.86. The summed E-state index contributed by atoms with van der Waals surface area (Å²) in [6.45, 7) is 2.65. The molecule has 0 fully saturated rings. The van der Waals surface area contributed by atoms with Gasteiger partial charge in [0.2, 0.25) is 0 Å². The molecule has 0 aliphatic rings. The molecule has 172 valence electrons. The Morgan fingerprint density at radius 3 is 2.66 bits per heavy atom. The molecule has 2 aromatic heterocycles. The summed E-state index contributed by atoms with van der Waals surface area (Å²) < 4.78 is 8.58. The predicted octanol–water partition coefficient (Wildman–Crippen LogP) is 7.66. The van der Waals surface area contributed by atoms with Gasteiger partial charge < -0.3 is 4.74 Å². The molecule has 0 aliphatic carbocycles. The summed E-state index contributed by atoms with van der Waals surface area (Å²) >= 11 is 8.03. The van der Waals surface area contributed by atoms with Crippen LogP contribution in [0.25, 0.3) is 38.8 Å². The van der Waals surface area contributed by atoms with Crippen molar-refractivity contribution >= 4 is 44.8 Å². The summed E-state index contributed by atoms with van der Waals surface area (Å²) in [5, 5.41) is 16.0. The number of fused-ring (bicyclic) bond motifs is 1. The zero-order chi connectivity index (χ0) is 24.2. The quantitative estimate of drug-likeness (QED) is 0.217. The molecule has 0 atom stereocenters. The SMILES string of the molecule is CCCOc1ccc(-c2nn(-c3ccccc3)cc2/C=C(/C#N)c2nc3ccccc3s2)cc1Cl. The molecular formula is C28H21ClN4OS. The largest absolute Gasteiger partial charge is 0.492 e. The van der Waals surface area contributed by atoms with Gasteiger partial charge in [-0.25, -0.2) is 9.67 Å². The van der Waals surface area contributed by atoms with Gasteiger partial charge in [-0.1, -0.05) is 48.9 Å². The third-order valence-corrected chi connectivity index (χ3v) is 6.74. The van der Waals surface area contributed by atoms with E-state index in [2.05, 4.69) is 18.0 Å². The summed E-state index contributed by atoms with van der Waals surface area (Å²) in [6, 6.07) is 25.7. The van der Waals surface area contributed by atoms with Crippen molar-refractivity contribution in [1.82, 2.24) is 14.8 Å². The average molecular weight is 497 g/mol. The molecule has 0 spiro atoms. The fraction of sp³-hybridized carbons (Fsp3) is 0.107. The van der Waals surface area contributed by atoms with E-state index in [-0.39, 0.29) is 0 Å². The number of aromatic nitrogens is 3. The minimum Gasteiger partial charge on any atom is -0.492 e. The minimum atomic E-state index is 0.481. The van der Waals surface area contributed by atoms with E-state index in [1.807, 2.05) is 89.8 Å². The van der Waals surface area contributed by atoms with Crippen LogP contribution in [0, 0.1) is 11.3 Å². The number of hydrogen-bond acceptors (Lipinski definition) is 5. The van der Waals surface area contributed by atoms with Gasteiger partial charge in [0.05, 0.1) is 33.1 Å². The van der Waals surface area contributed by atoms with Gasteiger partial charge in [-0.3, -0.25) is 0 Å². The van der Waals surface area contributed by atoms with Crippen LogP contribution >= 0.6 is 22.9 Å².